The summed E-state index contributed by atoms with van der Waals surface area (Å²) in [6, 6.07) is 2.08. The van der Waals surface area contributed by atoms with Crippen LogP contribution in [0, 0.1) is 11.3 Å². The van der Waals surface area contributed by atoms with E-state index in [0.29, 0.717) is 32.7 Å². The van der Waals surface area contributed by atoms with Gasteiger partial charge in [0.2, 0.25) is 10.0 Å². The van der Waals surface area contributed by atoms with Gasteiger partial charge in [0.1, 0.15) is 0 Å². The van der Waals surface area contributed by atoms with Crippen LogP contribution < -0.4 is 0 Å². The summed E-state index contributed by atoms with van der Waals surface area (Å²) in [6.45, 7) is 2.84. The SMILES string of the molecule is N#CCN1CCN(S(=O)(=O)C2CC2)CC1. The molecule has 2 aliphatic rings. The minimum absolute atomic E-state index is 0.111. The van der Waals surface area contributed by atoms with Crippen LogP contribution in [0.1, 0.15) is 12.8 Å². The zero-order valence-corrected chi connectivity index (χ0v) is 9.41. The van der Waals surface area contributed by atoms with E-state index in [1.807, 2.05) is 4.90 Å². The van der Waals surface area contributed by atoms with Crippen LogP contribution in [0.3, 0.4) is 0 Å². The molecule has 0 amide bonds. The van der Waals surface area contributed by atoms with Gasteiger partial charge in [0, 0.05) is 26.2 Å². The van der Waals surface area contributed by atoms with Crippen LogP contribution in [0.25, 0.3) is 0 Å². The summed E-state index contributed by atoms with van der Waals surface area (Å²) in [4.78, 5) is 1.99. The topological polar surface area (TPSA) is 64.4 Å². The second-order valence-electron chi connectivity index (χ2n) is 4.08. The second kappa shape index (κ2) is 4.08. The molecule has 2 fully saturated rings. The first-order valence-corrected chi connectivity index (χ1v) is 6.73. The minimum atomic E-state index is -3.00. The predicted octanol–water partition coefficient (Wildman–Crippen LogP) is -0.380. The molecule has 6 heteroatoms. The Bertz CT molecular complexity index is 361. The molecule has 0 unspecified atom stereocenters. The van der Waals surface area contributed by atoms with Crippen molar-refractivity contribution < 1.29 is 8.42 Å². The normalized spacial score (nSPS) is 25.0. The maximum atomic E-state index is 11.9. The van der Waals surface area contributed by atoms with Gasteiger partial charge in [-0.25, -0.2) is 8.42 Å². The number of nitrogens with zero attached hydrogens (tertiary/aromatic N) is 3. The highest BCUT2D eigenvalue weighted by Crippen LogP contribution is 2.31. The lowest BCUT2D eigenvalue weighted by Gasteiger charge is -2.32. The van der Waals surface area contributed by atoms with Crippen molar-refractivity contribution in [3.05, 3.63) is 0 Å². The number of nitriles is 1. The van der Waals surface area contributed by atoms with Crippen molar-refractivity contribution in [2.24, 2.45) is 0 Å². The highest BCUT2D eigenvalue weighted by molar-refractivity contribution is 7.90. The van der Waals surface area contributed by atoms with Gasteiger partial charge in [0.15, 0.2) is 0 Å². The number of rotatable bonds is 3. The van der Waals surface area contributed by atoms with E-state index in [2.05, 4.69) is 6.07 Å². The van der Waals surface area contributed by atoms with E-state index in [0.717, 1.165) is 12.8 Å². The van der Waals surface area contributed by atoms with Crippen LogP contribution >= 0.6 is 0 Å². The van der Waals surface area contributed by atoms with Crippen molar-refractivity contribution >= 4 is 10.0 Å². The molecular weight excluding hydrogens is 214 g/mol. The first-order chi connectivity index (χ1) is 7.14. The summed E-state index contributed by atoms with van der Waals surface area (Å²) in [6.07, 6.45) is 1.64. The van der Waals surface area contributed by atoms with Crippen molar-refractivity contribution in [1.82, 2.24) is 9.21 Å². The molecule has 5 nitrogen and oxygen atoms in total. The van der Waals surface area contributed by atoms with E-state index in [9.17, 15) is 8.42 Å². The van der Waals surface area contributed by atoms with Gasteiger partial charge in [-0.2, -0.15) is 9.57 Å². The van der Waals surface area contributed by atoms with E-state index in [4.69, 9.17) is 5.26 Å². The van der Waals surface area contributed by atoms with Crippen LogP contribution in [-0.4, -0.2) is 55.6 Å². The molecule has 0 radical (unpaired) electrons. The third-order valence-corrected chi connectivity index (χ3v) is 5.33. The molecule has 0 aromatic carbocycles. The Hall–Kier alpha value is -0.640. The van der Waals surface area contributed by atoms with Crippen LogP contribution in [-0.2, 0) is 10.0 Å². The highest BCUT2D eigenvalue weighted by atomic mass is 32.2. The summed E-state index contributed by atoms with van der Waals surface area (Å²) < 4.78 is 25.3. The van der Waals surface area contributed by atoms with Crippen molar-refractivity contribution in [2.75, 3.05) is 32.7 Å². The van der Waals surface area contributed by atoms with Gasteiger partial charge in [0.05, 0.1) is 17.9 Å². The Balaban J connectivity index is 1.91. The molecule has 2 rings (SSSR count). The lowest BCUT2D eigenvalue weighted by atomic mass is 10.4. The Morgan fingerprint density at radius 1 is 1.20 bits per heavy atom. The number of hydrogen-bond donors (Lipinski definition) is 0. The van der Waals surface area contributed by atoms with E-state index in [1.54, 1.807) is 4.31 Å². The third kappa shape index (κ3) is 2.30. The summed E-state index contributed by atoms with van der Waals surface area (Å²) in [5, 5.41) is 8.41. The fourth-order valence-electron chi connectivity index (χ4n) is 1.82. The molecule has 1 saturated carbocycles. The maximum Gasteiger partial charge on any atom is 0.217 e. The average Bonchev–Trinajstić information content (AvgIpc) is 3.02. The molecule has 84 valence electrons. The molecule has 0 bridgehead atoms. The van der Waals surface area contributed by atoms with Gasteiger partial charge >= 0.3 is 0 Å². The molecule has 1 aliphatic carbocycles. The van der Waals surface area contributed by atoms with E-state index in [-0.39, 0.29) is 5.25 Å². The minimum Gasteiger partial charge on any atom is -0.288 e. The highest BCUT2D eigenvalue weighted by Gasteiger charge is 2.40. The average molecular weight is 229 g/mol. The monoisotopic (exact) mass is 229 g/mol. The number of sulfonamides is 1. The largest absolute Gasteiger partial charge is 0.288 e. The van der Waals surface area contributed by atoms with Gasteiger partial charge in [-0.15, -0.1) is 0 Å². The van der Waals surface area contributed by atoms with Crippen LogP contribution in [0.15, 0.2) is 0 Å². The third-order valence-electron chi connectivity index (χ3n) is 2.93. The Morgan fingerprint density at radius 3 is 2.27 bits per heavy atom. The summed E-state index contributed by atoms with van der Waals surface area (Å²) >= 11 is 0. The molecule has 0 aromatic heterocycles. The maximum absolute atomic E-state index is 11.9. The Kier molecular flexibility index (Phi) is 2.96. The molecule has 1 heterocycles. The van der Waals surface area contributed by atoms with Gasteiger partial charge in [-0.05, 0) is 12.8 Å². The van der Waals surface area contributed by atoms with Crippen molar-refractivity contribution in [2.45, 2.75) is 18.1 Å². The molecule has 1 aliphatic heterocycles. The van der Waals surface area contributed by atoms with Gasteiger partial charge in [-0.1, -0.05) is 0 Å². The zero-order valence-electron chi connectivity index (χ0n) is 8.59. The molecule has 0 atom stereocenters. The predicted molar refractivity (Wildman–Crippen MR) is 55.6 cm³/mol. The fraction of sp³-hybridized carbons (Fsp3) is 0.889. The second-order valence-corrected chi connectivity index (χ2v) is 6.29. The number of piperazine rings is 1. The van der Waals surface area contributed by atoms with E-state index >= 15 is 0 Å². The van der Waals surface area contributed by atoms with Crippen LogP contribution in [0.2, 0.25) is 0 Å². The van der Waals surface area contributed by atoms with Crippen molar-refractivity contribution in [1.29, 1.82) is 5.26 Å². The van der Waals surface area contributed by atoms with Crippen molar-refractivity contribution in [3.8, 4) is 6.07 Å². The zero-order chi connectivity index (χ0) is 10.9. The summed E-state index contributed by atoms with van der Waals surface area (Å²) in [5.41, 5.74) is 0. The first kappa shape index (κ1) is 10.9. The molecule has 15 heavy (non-hydrogen) atoms. The Morgan fingerprint density at radius 2 is 1.80 bits per heavy atom. The Labute approximate surface area is 90.3 Å². The van der Waals surface area contributed by atoms with Crippen LogP contribution in [0.5, 0.6) is 0 Å². The lowest BCUT2D eigenvalue weighted by molar-refractivity contribution is 0.206. The van der Waals surface area contributed by atoms with E-state index in [1.165, 1.54) is 0 Å². The number of hydrogen-bond acceptors (Lipinski definition) is 4. The van der Waals surface area contributed by atoms with E-state index < -0.39 is 10.0 Å². The quantitative estimate of drug-likeness (QED) is 0.619. The summed E-state index contributed by atoms with van der Waals surface area (Å²) in [5.74, 6) is 0. The van der Waals surface area contributed by atoms with Gasteiger partial charge < -0.3 is 0 Å². The molecule has 0 aromatic rings. The molecule has 1 saturated heterocycles. The van der Waals surface area contributed by atoms with Gasteiger partial charge in [0.25, 0.3) is 0 Å². The lowest BCUT2D eigenvalue weighted by Crippen LogP contribution is -2.49. The molecular formula is C9H15N3O2S. The standard InChI is InChI=1S/C9H15N3O2S/c10-3-4-11-5-7-12(8-6-11)15(13,14)9-1-2-9/h9H,1-2,4-8H2. The van der Waals surface area contributed by atoms with Crippen LogP contribution in [0.4, 0.5) is 0 Å². The first-order valence-electron chi connectivity index (χ1n) is 5.23. The van der Waals surface area contributed by atoms with Gasteiger partial charge in [-0.3, -0.25) is 4.90 Å². The summed E-state index contributed by atoms with van der Waals surface area (Å²) in [7, 11) is -3.00. The molecule has 0 N–H and O–H groups in total. The smallest absolute Gasteiger partial charge is 0.217 e. The fourth-order valence-corrected chi connectivity index (χ4v) is 3.64. The molecule has 0 spiro atoms. The van der Waals surface area contributed by atoms with Crippen molar-refractivity contribution in [3.63, 3.8) is 0 Å².